The molecular weight excluding hydrogens is 507 g/mol. The summed E-state index contributed by atoms with van der Waals surface area (Å²) >= 11 is 0. The molecule has 0 bridgehead atoms. The van der Waals surface area contributed by atoms with Crippen molar-refractivity contribution in [2.24, 2.45) is 5.92 Å². The molecule has 37 heavy (non-hydrogen) atoms. The van der Waals surface area contributed by atoms with E-state index >= 15 is 0 Å². The molecule has 12 heteroatoms. The number of alkyl halides is 6. The molecule has 2 atom stereocenters. The van der Waals surface area contributed by atoms with Crippen molar-refractivity contribution in [2.45, 2.75) is 38.0 Å². The van der Waals surface area contributed by atoms with Crippen molar-refractivity contribution in [3.05, 3.63) is 52.8 Å². The Hall–Kier alpha value is -3.15. The van der Waals surface area contributed by atoms with Crippen LogP contribution in [0.15, 0.2) is 30.3 Å². The van der Waals surface area contributed by atoms with Crippen molar-refractivity contribution >= 4 is 28.6 Å². The van der Waals surface area contributed by atoms with Gasteiger partial charge in [-0.1, -0.05) is 0 Å². The number of Topliss-reactive ketones (excluding diaryl/α,β-unsaturated/α-hetero) is 2. The van der Waals surface area contributed by atoms with Crippen LogP contribution in [-0.4, -0.2) is 50.1 Å². The van der Waals surface area contributed by atoms with Gasteiger partial charge >= 0.3 is 23.9 Å². The molecule has 0 unspecified atom stereocenters. The number of carbonyl (C=O) groups is 2. The molecular formula is C25H24F7N3O2. The van der Waals surface area contributed by atoms with Crippen molar-refractivity contribution in [3.8, 4) is 0 Å². The van der Waals surface area contributed by atoms with Crippen molar-refractivity contribution in [1.82, 2.24) is 5.32 Å². The van der Waals surface area contributed by atoms with Crippen LogP contribution >= 0.6 is 0 Å². The zero-order chi connectivity index (χ0) is 27.1. The molecule has 5 rings (SSSR count). The molecule has 0 saturated carbocycles. The van der Waals surface area contributed by atoms with Crippen LogP contribution in [0.2, 0.25) is 0 Å². The molecule has 0 amide bonds. The second-order valence-electron chi connectivity index (χ2n) is 9.39. The van der Waals surface area contributed by atoms with Crippen LogP contribution in [0.4, 0.5) is 47.8 Å². The quantitative estimate of drug-likeness (QED) is 0.422. The molecule has 2 aromatic carbocycles. The summed E-state index contributed by atoms with van der Waals surface area (Å²) < 4.78 is 80.5. The number of aryl methyl sites for hydroxylation is 2. The Morgan fingerprint density at radius 3 is 2.27 bits per heavy atom. The zero-order valence-corrected chi connectivity index (χ0v) is 19.7. The molecule has 3 aliphatic rings. The Morgan fingerprint density at radius 2 is 1.65 bits per heavy atom. The Kier molecular flexibility index (Phi) is 7.24. The molecule has 0 aromatic heterocycles. The number of nitrogens with zero attached hydrogens (tertiary/aromatic N) is 1. The number of anilines is 3. The van der Waals surface area contributed by atoms with Gasteiger partial charge in [0.15, 0.2) is 0 Å². The third-order valence-electron chi connectivity index (χ3n) is 6.77. The van der Waals surface area contributed by atoms with E-state index in [1.54, 1.807) is 6.07 Å². The predicted octanol–water partition coefficient (Wildman–Crippen LogP) is 5.20. The highest BCUT2D eigenvalue weighted by Crippen LogP contribution is 2.46. The number of ketones is 2. The van der Waals surface area contributed by atoms with E-state index in [0.29, 0.717) is 11.5 Å². The average molecular weight is 531 g/mol. The molecule has 0 spiro atoms. The molecule has 3 heterocycles. The molecule has 1 saturated heterocycles. The van der Waals surface area contributed by atoms with Crippen LogP contribution in [0.1, 0.15) is 29.0 Å². The lowest BCUT2D eigenvalue weighted by atomic mass is 9.80. The van der Waals surface area contributed by atoms with E-state index in [2.05, 4.69) is 27.7 Å². The molecule has 2 aromatic rings. The standard InChI is InChI=1S/C21H24FN3.C4F6O2/c1-13-7-16(4-5-20(13)22)24-17-8-14-3-2-6-25-12-15-10-23-11-19(15)18(9-17)21(14)25;5-3(6,7)1(11)2(12)4(8,9)10/h4-5,7-9,15,19,23-24H,2-3,6,10-12H2,1H3;/t15-,19-;/m1./s1. The van der Waals surface area contributed by atoms with Gasteiger partial charge in [0, 0.05) is 49.2 Å². The Balaban J connectivity index is 0.000000229. The summed E-state index contributed by atoms with van der Waals surface area (Å²) in [7, 11) is 0. The van der Waals surface area contributed by atoms with E-state index in [1.807, 2.05) is 19.1 Å². The van der Waals surface area contributed by atoms with Gasteiger partial charge in [0.25, 0.3) is 0 Å². The SMILES string of the molecule is Cc1cc(Nc2cc3c4c(c2)[C@@H]2CNC[C@@H]2CN4CCC3)ccc1F.O=C(C(=O)C(F)(F)F)C(F)(F)F. The highest BCUT2D eigenvalue weighted by molar-refractivity contribution is 6.41. The maximum Gasteiger partial charge on any atom is 0.458 e. The number of halogens is 7. The van der Waals surface area contributed by atoms with E-state index in [9.17, 15) is 40.3 Å². The average Bonchev–Trinajstić information content (AvgIpc) is 3.29. The first kappa shape index (κ1) is 26.9. The first-order valence-electron chi connectivity index (χ1n) is 11.6. The molecule has 3 aliphatic heterocycles. The molecule has 1 fully saturated rings. The Labute approximate surface area is 208 Å². The largest absolute Gasteiger partial charge is 0.458 e. The van der Waals surface area contributed by atoms with Crippen LogP contribution in [-0.2, 0) is 16.0 Å². The number of fused-ring (bicyclic) bond motifs is 2. The highest BCUT2D eigenvalue weighted by Gasteiger charge is 2.54. The van der Waals surface area contributed by atoms with E-state index in [4.69, 9.17) is 0 Å². The third-order valence-corrected chi connectivity index (χ3v) is 6.77. The molecule has 0 aliphatic carbocycles. The lowest BCUT2D eigenvalue weighted by Gasteiger charge is -2.42. The summed E-state index contributed by atoms with van der Waals surface area (Å²) in [5.74, 6) is -5.62. The van der Waals surface area contributed by atoms with Crippen molar-refractivity contribution in [1.29, 1.82) is 0 Å². The normalized spacial score (nSPS) is 20.4. The summed E-state index contributed by atoms with van der Waals surface area (Å²) in [6, 6.07) is 9.87. The first-order chi connectivity index (χ1) is 17.3. The van der Waals surface area contributed by atoms with E-state index in [-0.39, 0.29) is 5.82 Å². The fourth-order valence-corrected chi connectivity index (χ4v) is 5.12. The fourth-order valence-electron chi connectivity index (χ4n) is 5.12. The highest BCUT2D eigenvalue weighted by atomic mass is 19.4. The van der Waals surface area contributed by atoms with Crippen molar-refractivity contribution in [2.75, 3.05) is 36.4 Å². The topological polar surface area (TPSA) is 61.4 Å². The second kappa shape index (κ2) is 9.96. The third kappa shape index (κ3) is 5.73. The fraction of sp³-hybridized carbons (Fsp3) is 0.440. The van der Waals surface area contributed by atoms with Crippen LogP contribution in [0.5, 0.6) is 0 Å². The second-order valence-corrected chi connectivity index (χ2v) is 9.39. The number of nitrogens with one attached hydrogen (secondary N) is 2. The van der Waals surface area contributed by atoms with Crippen molar-refractivity contribution < 1.29 is 40.3 Å². The molecule has 2 N–H and O–H groups in total. The maximum atomic E-state index is 13.5. The zero-order valence-electron chi connectivity index (χ0n) is 19.7. The van der Waals surface area contributed by atoms with Gasteiger partial charge in [-0.3, -0.25) is 9.59 Å². The van der Waals surface area contributed by atoms with Gasteiger partial charge in [0.1, 0.15) is 5.82 Å². The van der Waals surface area contributed by atoms with Gasteiger partial charge in [-0.25, -0.2) is 4.39 Å². The van der Waals surface area contributed by atoms with Gasteiger partial charge in [-0.2, -0.15) is 26.3 Å². The van der Waals surface area contributed by atoms with Gasteiger partial charge in [0.05, 0.1) is 0 Å². The van der Waals surface area contributed by atoms with Gasteiger partial charge < -0.3 is 15.5 Å². The van der Waals surface area contributed by atoms with E-state index in [0.717, 1.165) is 36.8 Å². The van der Waals surface area contributed by atoms with E-state index in [1.165, 1.54) is 36.3 Å². The molecule has 200 valence electrons. The minimum absolute atomic E-state index is 0.151. The van der Waals surface area contributed by atoms with Crippen LogP contribution < -0.4 is 15.5 Å². The number of hydrogen-bond acceptors (Lipinski definition) is 5. The molecule has 0 radical (unpaired) electrons. The summed E-state index contributed by atoms with van der Waals surface area (Å²) in [6.45, 7) is 6.41. The smallest absolute Gasteiger partial charge is 0.371 e. The number of rotatable bonds is 3. The Bertz CT molecular complexity index is 1190. The lowest BCUT2D eigenvalue weighted by Crippen LogP contribution is -2.41. The van der Waals surface area contributed by atoms with Crippen LogP contribution in [0.25, 0.3) is 0 Å². The minimum Gasteiger partial charge on any atom is -0.371 e. The lowest BCUT2D eigenvalue weighted by molar-refractivity contribution is -0.193. The van der Waals surface area contributed by atoms with Crippen molar-refractivity contribution in [3.63, 3.8) is 0 Å². The van der Waals surface area contributed by atoms with Gasteiger partial charge in [0.2, 0.25) is 0 Å². The predicted molar refractivity (Wildman–Crippen MR) is 123 cm³/mol. The number of hydrogen-bond donors (Lipinski definition) is 2. The maximum absolute atomic E-state index is 13.5. The first-order valence-corrected chi connectivity index (χ1v) is 11.6. The van der Waals surface area contributed by atoms with Gasteiger partial charge in [-0.15, -0.1) is 0 Å². The summed E-state index contributed by atoms with van der Waals surface area (Å²) in [4.78, 5) is 21.8. The Morgan fingerprint density at radius 1 is 0.973 bits per heavy atom. The van der Waals surface area contributed by atoms with E-state index < -0.39 is 23.9 Å². The van der Waals surface area contributed by atoms with Crippen LogP contribution in [0.3, 0.4) is 0 Å². The molecule has 5 nitrogen and oxygen atoms in total. The number of benzene rings is 2. The monoisotopic (exact) mass is 531 g/mol. The summed E-state index contributed by atoms with van der Waals surface area (Å²) in [5, 5.41) is 7.09. The summed E-state index contributed by atoms with van der Waals surface area (Å²) in [5.41, 5.74) is 7.23. The minimum atomic E-state index is -5.77. The summed E-state index contributed by atoms with van der Waals surface area (Å²) in [6.07, 6.45) is -9.16. The van der Waals surface area contributed by atoms with Gasteiger partial charge in [-0.05, 0) is 72.7 Å². The number of carbonyl (C=O) groups excluding carboxylic acids is 2. The van der Waals surface area contributed by atoms with Crippen LogP contribution in [0, 0.1) is 18.7 Å².